The number of methoxy groups -OCH3 is 1. The zero-order valence-corrected chi connectivity index (χ0v) is 12.3. The zero-order chi connectivity index (χ0) is 14.4. The van der Waals surface area contributed by atoms with Gasteiger partial charge in [0.25, 0.3) is 0 Å². The third-order valence-electron chi connectivity index (χ3n) is 4.13. The molecule has 112 valence electrons. The van der Waals surface area contributed by atoms with Gasteiger partial charge in [-0.3, -0.25) is 4.90 Å². The van der Waals surface area contributed by atoms with Gasteiger partial charge < -0.3 is 10.5 Å². The van der Waals surface area contributed by atoms with Gasteiger partial charge in [0.05, 0.1) is 7.11 Å². The van der Waals surface area contributed by atoms with Crippen molar-refractivity contribution in [2.45, 2.75) is 44.7 Å². The highest BCUT2D eigenvalue weighted by atomic mass is 19.1. The Morgan fingerprint density at radius 2 is 2.10 bits per heavy atom. The van der Waals surface area contributed by atoms with Gasteiger partial charge in [0.1, 0.15) is 0 Å². The lowest BCUT2D eigenvalue weighted by atomic mass is 10.1. The molecule has 2 N–H and O–H groups in total. The first-order valence-corrected chi connectivity index (χ1v) is 7.51. The highest BCUT2D eigenvalue weighted by Crippen LogP contribution is 2.27. The van der Waals surface area contributed by atoms with Crippen LogP contribution in [0.3, 0.4) is 0 Å². The number of hydrogen-bond acceptors (Lipinski definition) is 3. The average Bonchev–Trinajstić information content (AvgIpc) is 2.99. The summed E-state index contributed by atoms with van der Waals surface area (Å²) in [5.41, 5.74) is 6.34. The average molecular weight is 280 g/mol. The molecule has 0 amide bonds. The van der Waals surface area contributed by atoms with Gasteiger partial charge in [0.2, 0.25) is 0 Å². The van der Waals surface area contributed by atoms with E-state index in [0.717, 1.165) is 13.0 Å². The fraction of sp³-hybridized carbons (Fsp3) is 0.625. The van der Waals surface area contributed by atoms with Crippen LogP contribution in [0.2, 0.25) is 0 Å². The van der Waals surface area contributed by atoms with Crippen LogP contribution in [0.1, 0.15) is 37.7 Å². The van der Waals surface area contributed by atoms with E-state index in [-0.39, 0.29) is 5.82 Å². The van der Waals surface area contributed by atoms with Crippen LogP contribution < -0.4 is 10.5 Å². The largest absolute Gasteiger partial charge is 0.494 e. The molecule has 1 fully saturated rings. The van der Waals surface area contributed by atoms with Gasteiger partial charge in [-0.1, -0.05) is 25.0 Å². The lowest BCUT2D eigenvalue weighted by Crippen LogP contribution is -2.34. The summed E-state index contributed by atoms with van der Waals surface area (Å²) in [7, 11) is 1.51. The minimum atomic E-state index is -0.231. The standard InChI is InChI=1S/C16H25FN2O/c1-20-15-9-4-6-13(16(15)17)12-19(11-5-10-18)14-7-2-3-8-14/h4,6,9,14H,2-3,5,7-8,10-12,18H2,1H3. The zero-order valence-electron chi connectivity index (χ0n) is 12.3. The van der Waals surface area contributed by atoms with E-state index in [1.165, 1.54) is 32.8 Å². The van der Waals surface area contributed by atoms with Crippen LogP contribution in [0, 0.1) is 5.82 Å². The van der Waals surface area contributed by atoms with Crippen LogP contribution in [0.25, 0.3) is 0 Å². The maximum absolute atomic E-state index is 14.3. The van der Waals surface area contributed by atoms with Crippen molar-refractivity contribution < 1.29 is 9.13 Å². The van der Waals surface area contributed by atoms with Crippen molar-refractivity contribution in [1.82, 2.24) is 4.90 Å². The van der Waals surface area contributed by atoms with Crippen molar-refractivity contribution in [2.75, 3.05) is 20.2 Å². The van der Waals surface area contributed by atoms with E-state index < -0.39 is 0 Å². The van der Waals surface area contributed by atoms with Crippen molar-refractivity contribution in [3.63, 3.8) is 0 Å². The molecule has 0 atom stereocenters. The summed E-state index contributed by atoms with van der Waals surface area (Å²) < 4.78 is 19.3. The highest BCUT2D eigenvalue weighted by Gasteiger charge is 2.23. The summed E-state index contributed by atoms with van der Waals surface area (Å²) in [5, 5.41) is 0. The van der Waals surface area contributed by atoms with E-state index in [1.54, 1.807) is 6.07 Å². The third kappa shape index (κ3) is 3.70. The van der Waals surface area contributed by atoms with Crippen molar-refractivity contribution in [1.29, 1.82) is 0 Å². The Kier molecular flexibility index (Phi) is 5.80. The minimum Gasteiger partial charge on any atom is -0.494 e. The molecule has 0 aliphatic heterocycles. The number of halogens is 1. The van der Waals surface area contributed by atoms with E-state index in [0.29, 0.717) is 30.4 Å². The van der Waals surface area contributed by atoms with Gasteiger partial charge in [0.15, 0.2) is 11.6 Å². The van der Waals surface area contributed by atoms with Crippen molar-refractivity contribution in [3.8, 4) is 5.75 Å². The molecule has 0 heterocycles. The van der Waals surface area contributed by atoms with E-state index in [9.17, 15) is 4.39 Å². The molecule has 1 aromatic rings. The smallest absolute Gasteiger partial charge is 0.169 e. The summed E-state index contributed by atoms with van der Waals surface area (Å²) in [5.74, 6) is 0.0958. The second-order valence-corrected chi connectivity index (χ2v) is 5.48. The summed E-state index contributed by atoms with van der Waals surface area (Å²) in [6.45, 7) is 2.27. The van der Waals surface area contributed by atoms with Crippen molar-refractivity contribution >= 4 is 0 Å². The molecule has 1 saturated carbocycles. The number of nitrogens with zero attached hydrogens (tertiary/aromatic N) is 1. The van der Waals surface area contributed by atoms with Crippen LogP contribution in [-0.2, 0) is 6.54 Å². The number of rotatable bonds is 7. The molecule has 0 radical (unpaired) electrons. The Morgan fingerprint density at radius 3 is 2.75 bits per heavy atom. The second kappa shape index (κ2) is 7.60. The molecule has 1 aromatic carbocycles. The molecular formula is C16H25FN2O. The van der Waals surface area contributed by atoms with Crippen LogP contribution in [0.15, 0.2) is 18.2 Å². The number of ether oxygens (including phenoxy) is 1. The normalized spacial score (nSPS) is 16.0. The SMILES string of the molecule is COc1cccc(CN(CCCN)C2CCCC2)c1F. The quantitative estimate of drug-likeness (QED) is 0.834. The summed E-state index contributed by atoms with van der Waals surface area (Å²) in [4.78, 5) is 2.39. The maximum Gasteiger partial charge on any atom is 0.169 e. The topological polar surface area (TPSA) is 38.5 Å². The van der Waals surface area contributed by atoms with E-state index in [4.69, 9.17) is 10.5 Å². The molecule has 0 bridgehead atoms. The van der Waals surface area contributed by atoms with Gasteiger partial charge >= 0.3 is 0 Å². The van der Waals surface area contributed by atoms with E-state index in [2.05, 4.69) is 4.90 Å². The first-order chi connectivity index (χ1) is 9.76. The number of hydrogen-bond donors (Lipinski definition) is 1. The minimum absolute atomic E-state index is 0.231. The third-order valence-corrected chi connectivity index (χ3v) is 4.13. The van der Waals surface area contributed by atoms with Crippen LogP contribution in [-0.4, -0.2) is 31.1 Å². The molecule has 0 aromatic heterocycles. The fourth-order valence-electron chi connectivity index (χ4n) is 3.01. The Balaban J connectivity index is 2.10. The molecule has 0 saturated heterocycles. The molecular weight excluding hydrogens is 255 g/mol. The van der Waals surface area contributed by atoms with Gasteiger partial charge in [-0.2, -0.15) is 0 Å². The summed E-state index contributed by atoms with van der Waals surface area (Å²) >= 11 is 0. The van der Waals surface area contributed by atoms with Crippen LogP contribution in [0.5, 0.6) is 5.75 Å². The van der Waals surface area contributed by atoms with Gasteiger partial charge in [-0.05, 0) is 38.4 Å². The predicted octanol–water partition coefficient (Wildman–Crippen LogP) is 2.93. The first-order valence-electron chi connectivity index (χ1n) is 7.51. The van der Waals surface area contributed by atoms with Crippen molar-refractivity contribution in [2.24, 2.45) is 5.73 Å². The monoisotopic (exact) mass is 280 g/mol. The van der Waals surface area contributed by atoms with Gasteiger partial charge in [-0.15, -0.1) is 0 Å². The summed E-state index contributed by atoms with van der Waals surface area (Å²) in [6, 6.07) is 5.94. The van der Waals surface area contributed by atoms with Gasteiger partial charge in [-0.25, -0.2) is 4.39 Å². The lowest BCUT2D eigenvalue weighted by molar-refractivity contribution is 0.185. The number of nitrogens with two attached hydrogens (primary N) is 1. The molecule has 20 heavy (non-hydrogen) atoms. The molecule has 2 rings (SSSR count). The maximum atomic E-state index is 14.3. The fourth-order valence-corrected chi connectivity index (χ4v) is 3.01. The van der Waals surface area contributed by atoms with Crippen LogP contribution >= 0.6 is 0 Å². The van der Waals surface area contributed by atoms with Gasteiger partial charge in [0, 0.05) is 18.2 Å². The van der Waals surface area contributed by atoms with Crippen molar-refractivity contribution in [3.05, 3.63) is 29.6 Å². The van der Waals surface area contributed by atoms with Crippen LogP contribution in [0.4, 0.5) is 4.39 Å². The Morgan fingerprint density at radius 1 is 1.35 bits per heavy atom. The molecule has 0 spiro atoms. The predicted molar refractivity (Wildman–Crippen MR) is 79.3 cm³/mol. The molecule has 4 heteroatoms. The first kappa shape index (κ1) is 15.3. The summed E-state index contributed by atoms with van der Waals surface area (Å²) in [6.07, 6.45) is 5.96. The molecule has 3 nitrogen and oxygen atoms in total. The Hall–Kier alpha value is -1.13. The second-order valence-electron chi connectivity index (χ2n) is 5.48. The molecule has 1 aliphatic carbocycles. The molecule has 1 aliphatic rings. The Labute approximate surface area is 120 Å². The van der Waals surface area contributed by atoms with E-state index in [1.807, 2.05) is 12.1 Å². The highest BCUT2D eigenvalue weighted by molar-refractivity contribution is 5.31. The lowest BCUT2D eigenvalue weighted by Gasteiger charge is -2.29. The molecule has 0 unspecified atom stereocenters. The number of benzene rings is 1. The van der Waals surface area contributed by atoms with E-state index >= 15 is 0 Å². The Bertz CT molecular complexity index is 419.